The van der Waals surface area contributed by atoms with E-state index in [1.54, 1.807) is 0 Å². The maximum atomic E-state index is 13.4. The molecule has 0 spiro atoms. The number of esters is 2. The summed E-state index contributed by atoms with van der Waals surface area (Å²) in [6, 6.07) is 0. The van der Waals surface area contributed by atoms with E-state index in [-0.39, 0.29) is 12.8 Å². The van der Waals surface area contributed by atoms with Crippen molar-refractivity contribution in [1.29, 1.82) is 0 Å². The van der Waals surface area contributed by atoms with Gasteiger partial charge in [-0.15, -0.1) is 0 Å². The van der Waals surface area contributed by atoms with Gasteiger partial charge in [0.1, 0.15) is 5.60 Å². The number of alkyl halides is 6. The molecule has 0 aliphatic heterocycles. The van der Waals surface area contributed by atoms with Crippen LogP contribution in [0.5, 0.6) is 0 Å². The van der Waals surface area contributed by atoms with Gasteiger partial charge in [0, 0.05) is 0 Å². The molecule has 0 radical (unpaired) electrons. The Bertz CT molecular complexity index is 813. The summed E-state index contributed by atoms with van der Waals surface area (Å²) in [6.45, 7) is 4.47. The molecule has 0 aromatic rings. The van der Waals surface area contributed by atoms with Gasteiger partial charge in [-0.05, 0) is 51.9 Å². The molecule has 2 fully saturated rings. The van der Waals surface area contributed by atoms with Gasteiger partial charge in [0.15, 0.2) is 0 Å². The van der Waals surface area contributed by atoms with Gasteiger partial charge < -0.3 is 14.0 Å². The highest BCUT2D eigenvalue weighted by Crippen LogP contribution is 2.55. The van der Waals surface area contributed by atoms with Crippen LogP contribution in [0, 0.1) is 23.7 Å². The normalized spacial score (nSPS) is 27.3. The Kier molecular flexibility index (Phi) is 6.45. The van der Waals surface area contributed by atoms with E-state index in [0.29, 0.717) is 6.42 Å². The largest absolute Gasteiger partial charge is 0.748 e. The predicted molar refractivity (Wildman–Crippen MR) is 89.2 cm³/mol. The molecule has 2 bridgehead atoms. The van der Waals surface area contributed by atoms with Crippen LogP contribution in [-0.4, -0.2) is 54.2 Å². The lowest BCUT2D eigenvalue weighted by molar-refractivity contribution is -0.362. The lowest BCUT2D eigenvalue weighted by atomic mass is 9.79. The second kappa shape index (κ2) is 7.78. The van der Waals surface area contributed by atoms with E-state index in [0.717, 1.165) is 0 Å². The van der Waals surface area contributed by atoms with Crippen LogP contribution in [0.15, 0.2) is 0 Å². The van der Waals surface area contributed by atoms with Crippen LogP contribution in [0.25, 0.3) is 0 Å². The van der Waals surface area contributed by atoms with Gasteiger partial charge in [-0.25, -0.2) is 8.42 Å². The number of hydrogen-bond acceptors (Lipinski definition) is 7. The summed E-state index contributed by atoms with van der Waals surface area (Å²) in [4.78, 5) is 25.1. The van der Waals surface area contributed by atoms with Crippen molar-refractivity contribution in [3.8, 4) is 0 Å². The summed E-state index contributed by atoms with van der Waals surface area (Å²) in [7, 11) is -6.14. The molecule has 0 saturated heterocycles. The van der Waals surface area contributed by atoms with E-state index in [9.17, 15) is 48.9 Å². The molecule has 0 aromatic carbocycles. The highest BCUT2D eigenvalue weighted by molar-refractivity contribution is 7.85. The van der Waals surface area contributed by atoms with Gasteiger partial charge in [-0.1, -0.05) is 0 Å². The quantitative estimate of drug-likeness (QED) is 0.336. The zero-order valence-corrected chi connectivity index (χ0v) is 17.5. The summed E-state index contributed by atoms with van der Waals surface area (Å²) in [5.74, 6) is -10.4. The van der Waals surface area contributed by atoms with E-state index in [1.807, 2.05) is 0 Å². The number of carbonyl (C=O) groups is 2. The van der Waals surface area contributed by atoms with Crippen LogP contribution in [0.4, 0.5) is 26.3 Å². The summed E-state index contributed by atoms with van der Waals surface area (Å²) in [5.41, 5.74) is -6.59. The van der Waals surface area contributed by atoms with Crippen LogP contribution in [0.1, 0.15) is 40.0 Å². The van der Waals surface area contributed by atoms with E-state index in [2.05, 4.69) is 4.74 Å². The molecule has 0 N–H and O–H groups in total. The number of hydrogen-bond donors (Lipinski definition) is 0. The van der Waals surface area contributed by atoms with Crippen LogP contribution in [0.2, 0.25) is 0 Å². The van der Waals surface area contributed by atoms with E-state index < -0.39 is 75.0 Å². The van der Waals surface area contributed by atoms with Crippen molar-refractivity contribution in [3.63, 3.8) is 0 Å². The van der Waals surface area contributed by atoms with Crippen molar-refractivity contribution >= 4 is 22.1 Å². The van der Waals surface area contributed by atoms with Gasteiger partial charge >= 0.3 is 29.9 Å². The number of ether oxygens (including phenoxy) is 2. The maximum Gasteiger partial charge on any atom is 0.438 e. The fourth-order valence-electron chi connectivity index (χ4n) is 4.30. The molecule has 0 aromatic heterocycles. The van der Waals surface area contributed by atoms with Gasteiger partial charge in [0.25, 0.3) is 0 Å². The Labute approximate surface area is 174 Å². The van der Waals surface area contributed by atoms with Crippen LogP contribution < -0.4 is 0 Å². The lowest BCUT2D eigenvalue weighted by Gasteiger charge is -2.39. The Balaban J connectivity index is 2.45. The van der Waals surface area contributed by atoms with Crippen LogP contribution in [-0.2, 0) is 29.2 Å². The van der Waals surface area contributed by atoms with E-state index in [1.165, 1.54) is 20.8 Å². The first kappa shape index (κ1) is 25.7. The molecule has 0 heterocycles. The van der Waals surface area contributed by atoms with Crippen molar-refractivity contribution < 1.29 is 58.4 Å². The first-order valence-corrected chi connectivity index (χ1v) is 10.8. The highest BCUT2D eigenvalue weighted by atomic mass is 32.2. The minimum absolute atomic E-state index is 0.189. The molecule has 2 aliphatic rings. The minimum Gasteiger partial charge on any atom is -0.748 e. The summed E-state index contributed by atoms with van der Waals surface area (Å²) in [6.07, 6.45) is -12.1. The van der Waals surface area contributed by atoms with Gasteiger partial charge in [-0.3, -0.25) is 9.59 Å². The maximum absolute atomic E-state index is 13.4. The molecular weight excluding hydrogens is 462 g/mol. The molecule has 14 heteroatoms. The van der Waals surface area contributed by atoms with Gasteiger partial charge in [0.2, 0.25) is 0 Å². The second-order valence-electron chi connectivity index (χ2n) is 8.86. The number of halogens is 6. The third-order valence-corrected chi connectivity index (χ3v) is 6.20. The highest BCUT2D eigenvalue weighted by Gasteiger charge is 2.75. The fourth-order valence-corrected chi connectivity index (χ4v) is 5.18. The molecule has 0 amide bonds. The van der Waals surface area contributed by atoms with E-state index >= 15 is 0 Å². The second-order valence-corrected chi connectivity index (χ2v) is 10.3. The average molecular weight is 483 g/mol. The van der Waals surface area contributed by atoms with Crippen LogP contribution >= 0.6 is 0 Å². The Morgan fingerprint density at radius 3 is 1.58 bits per heavy atom. The van der Waals surface area contributed by atoms with Crippen molar-refractivity contribution in [2.24, 2.45) is 23.7 Å². The lowest BCUT2D eigenvalue weighted by Crippen LogP contribution is -2.64. The zero-order chi connectivity index (χ0) is 24.2. The predicted octanol–water partition coefficient (Wildman–Crippen LogP) is 2.94. The van der Waals surface area contributed by atoms with Crippen molar-refractivity contribution in [3.05, 3.63) is 0 Å². The number of carbonyl (C=O) groups excluding carboxylic acids is 2. The molecular formula is C17H21F6O7S-. The van der Waals surface area contributed by atoms with Crippen LogP contribution in [0.3, 0.4) is 0 Å². The smallest absolute Gasteiger partial charge is 0.438 e. The molecule has 31 heavy (non-hydrogen) atoms. The molecule has 2 saturated carbocycles. The minimum atomic E-state index is -6.46. The third kappa shape index (κ3) is 5.26. The Morgan fingerprint density at radius 2 is 1.26 bits per heavy atom. The van der Waals surface area contributed by atoms with Gasteiger partial charge in [-0.2, -0.15) is 26.3 Å². The van der Waals surface area contributed by atoms with Gasteiger partial charge in [0.05, 0.1) is 27.7 Å². The summed E-state index contributed by atoms with van der Waals surface area (Å²) < 4.78 is 122. The molecule has 7 nitrogen and oxygen atoms in total. The monoisotopic (exact) mass is 483 g/mol. The topological polar surface area (TPSA) is 110 Å². The van der Waals surface area contributed by atoms with Crippen molar-refractivity contribution in [2.45, 2.75) is 63.6 Å². The molecule has 4 atom stereocenters. The van der Waals surface area contributed by atoms with E-state index in [4.69, 9.17) is 4.74 Å². The molecule has 180 valence electrons. The first-order valence-electron chi connectivity index (χ1n) is 9.21. The summed E-state index contributed by atoms with van der Waals surface area (Å²) >= 11 is 0. The third-order valence-electron chi connectivity index (χ3n) is 5.44. The SMILES string of the molecule is CC(C)(C)OC(=O)C1C2CCC(C2)C1C(=O)OC(CS(=O)(=O)[O-])(C(F)(F)F)C(F)(F)F. The number of fused-ring (bicyclic) bond motifs is 2. The fraction of sp³-hybridized carbons (Fsp3) is 0.882. The van der Waals surface area contributed by atoms with Crippen molar-refractivity contribution in [2.75, 3.05) is 5.75 Å². The summed E-state index contributed by atoms with van der Waals surface area (Å²) in [5, 5.41) is 0. The zero-order valence-electron chi connectivity index (χ0n) is 16.7. The Morgan fingerprint density at radius 1 is 0.871 bits per heavy atom. The average Bonchev–Trinajstić information content (AvgIpc) is 3.09. The number of rotatable bonds is 5. The molecule has 2 aliphatic carbocycles. The molecule has 4 unspecified atom stereocenters. The standard InChI is InChI=1S/C17H22F6O7S/c1-14(2,3)29-12(24)10-8-4-5-9(6-8)11(10)13(25)30-15(16(18,19)20,17(21,22)23)7-31(26,27)28/h8-11H,4-7H2,1-3H3,(H,26,27,28)/p-1. The molecule has 2 rings (SSSR count). The first-order chi connectivity index (χ1) is 13.7. The Hall–Kier alpha value is -1.57. The van der Waals surface area contributed by atoms with Crippen molar-refractivity contribution in [1.82, 2.24) is 0 Å².